The zero-order chi connectivity index (χ0) is 24.1. The number of likely N-dealkylation sites (N-methyl/N-ethyl adjacent to an activating group) is 1. The van der Waals surface area contributed by atoms with Gasteiger partial charge in [0.2, 0.25) is 5.88 Å². The van der Waals surface area contributed by atoms with Gasteiger partial charge in [0, 0.05) is 63.6 Å². The third kappa shape index (κ3) is 5.35. The zero-order valence-corrected chi connectivity index (χ0v) is 19.8. The molecule has 0 unspecified atom stereocenters. The van der Waals surface area contributed by atoms with Crippen LogP contribution in [0.5, 0.6) is 17.6 Å². The molecule has 0 radical (unpaired) electrons. The average molecular weight is 459 g/mol. The first-order valence-electron chi connectivity index (χ1n) is 11.2. The van der Waals surface area contributed by atoms with E-state index in [1.807, 2.05) is 31.3 Å². The van der Waals surface area contributed by atoms with Crippen LogP contribution in [-0.2, 0) is 0 Å². The van der Waals surface area contributed by atoms with Crippen LogP contribution in [0, 0.1) is 0 Å². The van der Waals surface area contributed by atoms with Crippen molar-refractivity contribution in [3.8, 4) is 17.6 Å². The fraction of sp³-hybridized carbons (Fsp3) is 0.269. The first-order chi connectivity index (χ1) is 16.4. The molecule has 2 aromatic carbocycles. The lowest BCUT2D eigenvalue weighted by Crippen LogP contribution is -2.44. The first-order valence-corrected chi connectivity index (χ1v) is 11.2. The molecule has 0 saturated carbocycles. The quantitative estimate of drug-likeness (QED) is 0.569. The van der Waals surface area contributed by atoms with Crippen molar-refractivity contribution in [3.63, 3.8) is 0 Å². The minimum atomic E-state index is -0.202. The Morgan fingerprint density at radius 2 is 1.79 bits per heavy atom. The molecule has 1 aliphatic heterocycles. The van der Waals surface area contributed by atoms with Crippen molar-refractivity contribution in [1.29, 1.82) is 0 Å². The standard InChI is InChI=1S/C26H30N6O2/c1-19-24(12-13-27-2)25(33)29-26(28-19)34-23-10-8-20(9-11-23)31(4)21-6-5-7-22(18-21)32-16-14-30(3)15-17-32/h5-13,18H,1,14-17H2,2-4H3,(H,28,29,33)/b24-12+,27-13-. The van der Waals surface area contributed by atoms with Crippen molar-refractivity contribution in [2.24, 2.45) is 4.99 Å². The number of benzene rings is 2. The first kappa shape index (κ1) is 23.3. The molecule has 8 nitrogen and oxygen atoms in total. The van der Waals surface area contributed by atoms with Crippen LogP contribution in [0.2, 0.25) is 0 Å². The molecule has 0 bridgehead atoms. The molecule has 1 N–H and O–H groups in total. The van der Waals surface area contributed by atoms with Crippen LogP contribution in [0.15, 0.2) is 53.5 Å². The second-order valence-electron chi connectivity index (χ2n) is 8.23. The molecule has 0 aliphatic carbocycles. The van der Waals surface area contributed by atoms with E-state index >= 15 is 0 Å². The van der Waals surface area contributed by atoms with Crippen molar-refractivity contribution in [2.75, 3.05) is 57.1 Å². The maximum atomic E-state index is 10.2. The average Bonchev–Trinajstić information content (AvgIpc) is 2.84. The molecule has 1 aromatic heterocycles. The van der Waals surface area contributed by atoms with E-state index in [1.165, 1.54) is 5.69 Å². The van der Waals surface area contributed by atoms with Gasteiger partial charge in [0.15, 0.2) is 0 Å². The summed E-state index contributed by atoms with van der Waals surface area (Å²) in [6.07, 6.45) is 3.15. The number of hydrogen-bond donors (Lipinski definition) is 1. The van der Waals surface area contributed by atoms with Crippen LogP contribution in [0.25, 0.3) is 12.7 Å². The number of rotatable bonds is 6. The molecule has 34 heavy (non-hydrogen) atoms. The summed E-state index contributed by atoms with van der Waals surface area (Å²) >= 11 is 0. The number of piperazine rings is 1. The van der Waals surface area contributed by atoms with E-state index in [0.717, 1.165) is 37.6 Å². The maximum Gasteiger partial charge on any atom is 0.325 e. The monoisotopic (exact) mass is 458 g/mol. The predicted molar refractivity (Wildman–Crippen MR) is 138 cm³/mol. The van der Waals surface area contributed by atoms with E-state index in [-0.39, 0.29) is 11.9 Å². The lowest BCUT2D eigenvalue weighted by molar-refractivity contribution is 0.313. The molecule has 0 spiro atoms. The van der Waals surface area contributed by atoms with Gasteiger partial charge in [-0.3, -0.25) is 4.99 Å². The highest BCUT2D eigenvalue weighted by Crippen LogP contribution is 2.29. The minimum Gasteiger partial charge on any atom is -0.493 e. The Morgan fingerprint density at radius 1 is 1.06 bits per heavy atom. The van der Waals surface area contributed by atoms with Crippen LogP contribution in [0.4, 0.5) is 17.1 Å². The predicted octanol–water partition coefficient (Wildman–Crippen LogP) is 2.39. The highest BCUT2D eigenvalue weighted by atomic mass is 16.5. The van der Waals surface area contributed by atoms with Crippen LogP contribution in [-0.4, -0.2) is 73.5 Å². The summed E-state index contributed by atoms with van der Waals surface area (Å²) in [5, 5.41) is 10.9. The number of hydrogen-bond acceptors (Lipinski definition) is 8. The Labute approximate surface area is 199 Å². The van der Waals surface area contributed by atoms with Crippen molar-refractivity contribution in [2.45, 2.75) is 0 Å². The molecule has 176 valence electrons. The lowest BCUT2D eigenvalue weighted by Gasteiger charge is -2.34. The highest BCUT2D eigenvalue weighted by Gasteiger charge is 2.15. The summed E-state index contributed by atoms with van der Waals surface area (Å²) in [5.74, 6) is 0.362. The molecule has 4 rings (SSSR count). The van der Waals surface area contributed by atoms with Crippen LogP contribution >= 0.6 is 0 Å². The van der Waals surface area contributed by atoms with E-state index in [4.69, 9.17) is 4.74 Å². The number of nitrogens with zero attached hydrogens (tertiary/aromatic N) is 6. The molecule has 0 amide bonds. The highest BCUT2D eigenvalue weighted by molar-refractivity contribution is 5.91. The van der Waals surface area contributed by atoms with Gasteiger partial charge in [-0.15, -0.1) is 0 Å². The van der Waals surface area contributed by atoms with E-state index in [9.17, 15) is 5.11 Å². The number of anilines is 3. The van der Waals surface area contributed by atoms with E-state index < -0.39 is 0 Å². The number of aromatic hydroxyl groups is 1. The van der Waals surface area contributed by atoms with Gasteiger partial charge >= 0.3 is 6.01 Å². The Kier molecular flexibility index (Phi) is 7.08. The fourth-order valence-corrected chi connectivity index (χ4v) is 3.80. The van der Waals surface area contributed by atoms with Gasteiger partial charge in [-0.05, 0) is 55.6 Å². The summed E-state index contributed by atoms with van der Waals surface area (Å²) in [5.41, 5.74) is 3.38. The van der Waals surface area contributed by atoms with Gasteiger partial charge in [0.05, 0.1) is 10.6 Å². The molecular weight excluding hydrogens is 428 g/mol. The van der Waals surface area contributed by atoms with Crippen molar-refractivity contribution >= 4 is 35.9 Å². The van der Waals surface area contributed by atoms with Gasteiger partial charge in [0.1, 0.15) is 5.75 Å². The smallest absolute Gasteiger partial charge is 0.325 e. The Balaban J connectivity index is 1.48. The van der Waals surface area contributed by atoms with Crippen molar-refractivity contribution in [3.05, 3.63) is 59.1 Å². The van der Waals surface area contributed by atoms with Crippen molar-refractivity contribution in [1.82, 2.24) is 14.9 Å². The van der Waals surface area contributed by atoms with E-state index in [1.54, 1.807) is 19.3 Å². The molecule has 0 atom stereocenters. The van der Waals surface area contributed by atoms with Gasteiger partial charge in [-0.1, -0.05) is 12.6 Å². The van der Waals surface area contributed by atoms with Crippen LogP contribution < -0.4 is 25.1 Å². The maximum absolute atomic E-state index is 10.2. The number of ether oxygens (including phenoxy) is 1. The Morgan fingerprint density at radius 3 is 2.47 bits per heavy atom. The number of aliphatic imine (C=N–C) groups is 1. The third-order valence-electron chi connectivity index (χ3n) is 5.89. The minimum absolute atomic E-state index is 0.0362. The lowest BCUT2D eigenvalue weighted by atomic mass is 10.2. The van der Waals surface area contributed by atoms with Crippen molar-refractivity contribution < 1.29 is 9.84 Å². The molecule has 1 fully saturated rings. The SMILES string of the molecule is C=c1nc(Oc2ccc(N(C)c3cccc(N4CCN(C)CC4)c3)cc2)nc(O)/c1=C/C=N\C. The molecule has 1 saturated heterocycles. The van der Waals surface area contributed by atoms with Gasteiger partial charge in [-0.2, -0.15) is 9.97 Å². The molecular formula is C26H30N6O2. The normalized spacial score (nSPS) is 15.1. The summed E-state index contributed by atoms with van der Waals surface area (Å²) in [6.45, 7) is 8.08. The summed E-state index contributed by atoms with van der Waals surface area (Å²) in [4.78, 5) is 19.0. The summed E-state index contributed by atoms with van der Waals surface area (Å²) in [6, 6.07) is 16.3. The molecule has 3 aromatic rings. The van der Waals surface area contributed by atoms with E-state index in [0.29, 0.717) is 16.3 Å². The summed E-state index contributed by atoms with van der Waals surface area (Å²) < 4.78 is 5.75. The molecule has 1 aliphatic rings. The zero-order valence-electron chi connectivity index (χ0n) is 19.8. The van der Waals surface area contributed by atoms with E-state index in [2.05, 4.69) is 67.6 Å². The van der Waals surface area contributed by atoms with Crippen LogP contribution in [0.3, 0.4) is 0 Å². The van der Waals surface area contributed by atoms with Gasteiger partial charge < -0.3 is 24.5 Å². The molecule has 2 heterocycles. The Hall–Kier alpha value is -3.91. The second-order valence-corrected chi connectivity index (χ2v) is 8.23. The molecule has 8 heteroatoms. The van der Waals surface area contributed by atoms with Gasteiger partial charge in [-0.25, -0.2) is 0 Å². The Bertz CT molecular complexity index is 1270. The van der Waals surface area contributed by atoms with Crippen LogP contribution in [0.1, 0.15) is 0 Å². The number of aromatic nitrogens is 2. The van der Waals surface area contributed by atoms with Gasteiger partial charge in [0.25, 0.3) is 0 Å². The fourth-order valence-electron chi connectivity index (χ4n) is 3.80. The topological polar surface area (TPSA) is 77.3 Å². The third-order valence-corrected chi connectivity index (χ3v) is 5.89. The largest absolute Gasteiger partial charge is 0.493 e. The summed E-state index contributed by atoms with van der Waals surface area (Å²) in [7, 11) is 5.85. The second kappa shape index (κ2) is 10.4.